The lowest BCUT2D eigenvalue weighted by atomic mass is 9.86. The lowest BCUT2D eigenvalue weighted by Crippen LogP contribution is -2.54. The first-order valence-corrected chi connectivity index (χ1v) is 12.0. The maximum Gasteiger partial charge on any atom is 0.335 e. The standard InChI is InChI=1S/C27H28BrN3O3/c1-7-30-23-11-15(2)18(12-20(23)17(4)14-27(30,5)6)13-21-24(32)29-26(34)31(25(21)33)22-9-8-19(28)10-16(22)3/h8-14H,7H2,1-6H3,(H,29,32,34)/b21-13+. The van der Waals surface area contributed by atoms with Crippen molar-refractivity contribution in [3.8, 4) is 0 Å². The van der Waals surface area contributed by atoms with Gasteiger partial charge in [0.15, 0.2) is 0 Å². The molecule has 1 saturated heterocycles. The van der Waals surface area contributed by atoms with Gasteiger partial charge in [0, 0.05) is 22.3 Å². The number of barbiturate groups is 1. The molecule has 2 aliphatic heterocycles. The second kappa shape index (κ2) is 8.55. The van der Waals surface area contributed by atoms with Gasteiger partial charge in [0.25, 0.3) is 11.8 Å². The van der Waals surface area contributed by atoms with Gasteiger partial charge in [-0.2, -0.15) is 0 Å². The number of carbonyl (C=O) groups is 3. The number of urea groups is 1. The highest BCUT2D eigenvalue weighted by molar-refractivity contribution is 9.10. The third-order valence-corrected chi connectivity index (χ3v) is 6.98. The summed E-state index contributed by atoms with van der Waals surface area (Å²) in [6, 6.07) is 8.64. The first kappa shape index (κ1) is 24.0. The highest BCUT2D eigenvalue weighted by Gasteiger charge is 2.38. The van der Waals surface area contributed by atoms with Gasteiger partial charge in [-0.1, -0.05) is 22.0 Å². The van der Waals surface area contributed by atoms with Crippen LogP contribution in [0.2, 0.25) is 0 Å². The Balaban J connectivity index is 1.81. The lowest BCUT2D eigenvalue weighted by Gasteiger charge is -2.43. The molecule has 2 heterocycles. The van der Waals surface area contributed by atoms with Crippen molar-refractivity contribution in [1.82, 2.24) is 5.32 Å². The molecule has 6 nitrogen and oxygen atoms in total. The summed E-state index contributed by atoms with van der Waals surface area (Å²) in [6.07, 6.45) is 3.82. The number of fused-ring (bicyclic) bond motifs is 1. The molecule has 176 valence electrons. The summed E-state index contributed by atoms with van der Waals surface area (Å²) in [5.74, 6) is -1.33. The average molecular weight is 522 g/mol. The SMILES string of the molecule is CCN1c2cc(C)c(/C=C3\C(=O)NC(=O)N(c4ccc(Br)cc4C)C3=O)cc2C(C)=CC1(C)C. The van der Waals surface area contributed by atoms with E-state index in [9.17, 15) is 14.4 Å². The molecule has 1 fully saturated rings. The topological polar surface area (TPSA) is 69.7 Å². The van der Waals surface area contributed by atoms with Gasteiger partial charge in [-0.15, -0.1) is 0 Å². The van der Waals surface area contributed by atoms with E-state index in [1.165, 1.54) is 0 Å². The fourth-order valence-corrected chi connectivity index (χ4v) is 5.35. The van der Waals surface area contributed by atoms with Crippen LogP contribution in [0.15, 0.2) is 46.5 Å². The first-order valence-electron chi connectivity index (χ1n) is 11.2. The summed E-state index contributed by atoms with van der Waals surface area (Å²) < 4.78 is 0.836. The van der Waals surface area contributed by atoms with Crippen LogP contribution < -0.4 is 15.1 Å². The largest absolute Gasteiger partial charge is 0.363 e. The zero-order valence-electron chi connectivity index (χ0n) is 20.2. The van der Waals surface area contributed by atoms with Crippen LogP contribution in [-0.2, 0) is 9.59 Å². The van der Waals surface area contributed by atoms with Crippen LogP contribution >= 0.6 is 15.9 Å². The fourth-order valence-electron chi connectivity index (χ4n) is 4.88. The molecule has 0 spiro atoms. The molecule has 2 aromatic rings. The highest BCUT2D eigenvalue weighted by Crippen LogP contribution is 2.40. The van der Waals surface area contributed by atoms with E-state index in [1.54, 1.807) is 18.2 Å². The number of nitrogens with one attached hydrogen (secondary N) is 1. The Labute approximate surface area is 208 Å². The maximum absolute atomic E-state index is 13.4. The number of halogens is 1. The van der Waals surface area contributed by atoms with Crippen LogP contribution in [0.5, 0.6) is 0 Å². The third-order valence-electron chi connectivity index (χ3n) is 6.48. The van der Waals surface area contributed by atoms with Crippen LogP contribution in [-0.4, -0.2) is 29.9 Å². The minimum absolute atomic E-state index is 0.0740. The number of benzene rings is 2. The molecule has 0 atom stereocenters. The molecule has 0 aliphatic carbocycles. The number of amides is 4. The zero-order chi connectivity index (χ0) is 24.9. The van der Waals surface area contributed by atoms with Gasteiger partial charge in [0.1, 0.15) is 5.57 Å². The predicted octanol–water partition coefficient (Wildman–Crippen LogP) is 5.75. The third kappa shape index (κ3) is 3.98. The summed E-state index contributed by atoms with van der Waals surface area (Å²) >= 11 is 3.40. The van der Waals surface area contributed by atoms with E-state index in [-0.39, 0.29) is 11.1 Å². The number of allylic oxidation sites excluding steroid dienone is 1. The minimum atomic E-state index is -0.751. The number of hydrogen-bond acceptors (Lipinski definition) is 4. The summed E-state index contributed by atoms with van der Waals surface area (Å²) in [4.78, 5) is 42.1. The van der Waals surface area contributed by atoms with E-state index < -0.39 is 17.8 Å². The van der Waals surface area contributed by atoms with Crippen LogP contribution in [0.4, 0.5) is 16.2 Å². The van der Waals surface area contributed by atoms with Gasteiger partial charge in [-0.25, -0.2) is 9.69 Å². The van der Waals surface area contributed by atoms with E-state index in [0.717, 1.165) is 49.4 Å². The van der Waals surface area contributed by atoms with E-state index in [0.29, 0.717) is 5.69 Å². The summed E-state index contributed by atoms with van der Waals surface area (Å²) in [5.41, 5.74) is 6.04. The molecule has 0 bridgehead atoms. The van der Waals surface area contributed by atoms with Crippen LogP contribution in [0.25, 0.3) is 11.6 Å². The molecule has 4 rings (SSSR count). The molecule has 0 radical (unpaired) electrons. The number of imide groups is 2. The molecular weight excluding hydrogens is 494 g/mol. The second-order valence-electron chi connectivity index (χ2n) is 9.34. The Bertz CT molecular complexity index is 1310. The van der Waals surface area contributed by atoms with Crippen molar-refractivity contribution in [2.24, 2.45) is 0 Å². The average Bonchev–Trinajstić information content (AvgIpc) is 2.72. The summed E-state index contributed by atoms with van der Waals surface area (Å²) in [5, 5.41) is 2.32. The molecule has 0 unspecified atom stereocenters. The number of likely N-dealkylation sites (N-methyl/N-ethyl adjacent to an activating group) is 1. The Morgan fingerprint density at radius 2 is 1.71 bits per heavy atom. The van der Waals surface area contributed by atoms with E-state index >= 15 is 0 Å². The molecule has 0 aromatic heterocycles. The molecular formula is C27H28BrN3O3. The number of aryl methyl sites for hydroxylation is 2. The van der Waals surface area contributed by atoms with Crippen LogP contribution in [0.1, 0.15) is 49.9 Å². The maximum atomic E-state index is 13.4. The summed E-state index contributed by atoms with van der Waals surface area (Å²) in [6.45, 7) is 13.2. The molecule has 2 aromatic carbocycles. The van der Waals surface area contributed by atoms with Gasteiger partial charge in [-0.05, 0) is 100 Å². The Kier molecular flexibility index (Phi) is 6.02. The normalized spacial score (nSPS) is 18.7. The molecule has 34 heavy (non-hydrogen) atoms. The molecule has 1 N–H and O–H groups in total. The quantitative estimate of drug-likeness (QED) is 0.412. The fraction of sp³-hybridized carbons (Fsp3) is 0.296. The van der Waals surface area contributed by atoms with E-state index in [2.05, 4.69) is 66.0 Å². The van der Waals surface area contributed by atoms with Gasteiger partial charge in [0.2, 0.25) is 0 Å². The predicted molar refractivity (Wildman–Crippen MR) is 140 cm³/mol. The Morgan fingerprint density at radius 1 is 1.00 bits per heavy atom. The highest BCUT2D eigenvalue weighted by atomic mass is 79.9. The smallest absolute Gasteiger partial charge is 0.335 e. The zero-order valence-corrected chi connectivity index (χ0v) is 21.8. The van der Waals surface area contributed by atoms with Gasteiger partial charge in [-0.3, -0.25) is 14.9 Å². The molecule has 0 saturated carbocycles. The van der Waals surface area contributed by atoms with Crippen LogP contribution in [0, 0.1) is 13.8 Å². The summed E-state index contributed by atoms with van der Waals surface area (Å²) in [7, 11) is 0. The van der Waals surface area contributed by atoms with Gasteiger partial charge in [0.05, 0.1) is 11.2 Å². The number of rotatable bonds is 3. The lowest BCUT2D eigenvalue weighted by molar-refractivity contribution is -0.122. The monoisotopic (exact) mass is 521 g/mol. The van der Waals surface area contributed by atoms with Crippen molar-refractivity contribution < 1.29 is 14.4 Å². The van der Waals surface area contributed by atoms with Crippen molar-refractivity contribution in [2.75, 3.05) is 16.3 Å². The Morgan fingerprint density at radius 3 is 2.35 bits per heavy atom. The second-order valence-corrected chi connectivity index (χ2v) is 10.3. The van der Waals surface area contributed by atoms with Crippen molar-refractivity contribution in [3.05, 3.63) is 68.7 Å². The number of anilines is 2. The van der Waals surface area contributed by atoms with E-state index in [1.807, 2.05) is 26.0 Å². The van der Waals surface area contributed by atoms with Crippen molar-refractivity contribution in [3.63, 3.8) is 0 Å². The minimum Gasteiger partial charge on any atom is -0.363 e. The first-order chi connectivity index (χ1) is 15.9. The van der Waals surface area contributed by atoms with Crippen LogP contribution in [0.3, 0.4) is 0 Å². The van der Waals surface area contributed by atoms with Crippen molar-refractivity contribution >= 4 is 56.8 Å². The molecule has 7 heteroatoms. The number of hydrogen-bond donors (Lipinski definition) is 1. The van der Waals surface area contributed by atoms with Gasteiger partial charge < -0.3 is 4.90 Å². The molecule has 4 amide bonds. The molecule has 2 aliphatic rings. The van der Waals surface area contributed by atoms with Crippen molar-refractivity contribution in [1.29, 1.82) is 0 Å². The number of carbonyl (C=O) groups excluding carboxylic acids is 3. The van der Waals surface area contributed by atoms with E-state index in [4.69, 9.17) is 0 Å². The number of nitrogens with zero attached hydrogens (tertiary/aromatic N) is 2. The van der Waals surface area contributed by atoms with Gasteiger partial charge >= 0.3 is 6.03 Å². The Hall–Kier alpha value is -3.19. The van der Waals surface area contributed by atoms with Crippen molar-refractivity contribution in [2.45, 2.75) is 47.1 Å².